The van der Waals surface area contributed by atoms with Crippen molar-refractivity contribution in [3.05, 3.63) is 35.4 Å². The van der Waals surface area contributed by atoms with E-state index >= 15 is 0 Å². The fraction of sp³-hybridized carbons (Fsp3) is 0.400. The first-order valence-corrected chi connectivity index (χ1v) is 7.00. The molecule has 23 heavy (non-hydrogen) atoms. The Bertz CT molecular complexity index is 627. The molecule has 124 valence electrons. The number of hydrogen-bond acceptors (Lipinski definition) is 4. The second-order valence-electron chi connectivity index (χ2n) is 4.77. The molecule has 0 bridgehead atoms. The Hall–Kier alpha value is -2.77. The highest BCUT2D eigenvalue weighted by Crippen LogP contribution is 2.09. The van der Waals surface area contributed by atoms with Gasteiger partial charge in [0.1, 0.15) is 5.84 Å². The van der Waals surface area contributed by atoms with E-state index in [9.17, 15) is 9.59 Å². The van der Waals surface area contributed by atoms with E-state index in [1.807, 2.05) is 0 Å². The largest absolute Gasteiger partial charge is 0.385 e. The monoisotopic (exact) mass is 319 g/mol. The number of hydrogen-bond donors (Lipinski definition) is 2. The van der Waals surface area contributed by atoms with Crippen LogP contribution in [0.4, 0.5) is 4.79 Å². The number of carbonyl (C=O) groups is 2. The molecule has 0 heterocycles. The molecule has 3 N–H and O–H groups in total. The summed E-state index contributed by atoms with van der Waals surface area (Å²) in [5.41, 5.74) is 6.94. The molecule has 0 aliphatic heterocycles. The van der Waals surface area contributed by atoms with E-state index in [1.165, 1.54) is 11.9 Å². The Morgan fingerprint density at radius 3 is 2.57 bits per heavy atom. The van der Waals surface area contributed by atoms with Crippen LogP contribution in [0.1, 0.15) is 30.6 Å². The van der Waals surface area contributed by atoms with Crippen LogP contribution in [-0.2, 0) is 6.54 Å². The van der Waals surface area contributed by atoms with Crippen LogP contribution in [0.3, 0.4) is 0 Å². The molecular weight excluding hydrogens is 296 g/mol. The van der Waals surface area contributed by atoms with Gasteiger partial charge in [-0.1, -0.05) is 24.3 Å². The summed E-state index contributed by atoms with van der Waals surface area (Å²) in [6.45, 7) is 1.27. The van der Waals surface area contributed by atoms with Gasteiger partial charge in [-0.3, -0.25) is 4.79 Å². The first-order chi connectivity index (χ1) is 11.3. The summed E-state index contributed by atoms with van der Waals surface area (Å²) < 4.78 is 7.33. The second kappa shape index (κ2) is 9.29. The van der Waals surface area contributed by atoms with Crippen LogP contribution >= 0.6 is 0 Å². The summed E-state index contributed by atoms with van der Waals surface area (Å²) in [5, 5.41) is 12.9. The molecule has 8 heteroatoms. The highest BCUT2D eigenvalue weighted by Gasteiger charge is 2.10. The summed E-state index contributed by atoms with van der Waals surface area (Å²) in [5.74, 6) is -0.0844. The van der Waals surface area contributed by atoms with Crippen LogP contribution in [0.15, 0.2) is 39.7 Å². The molecule has 8 nitrogen and oxygen atoms in total. The maximum absolute atomic E-state index is 12.1. The van der Waals surface area contributed by atoms with E-state index in [0.29, 0.717) is 12.1 Å². The molecule has 1 unspecified atom stereocenters. The van der Waals surface area contributed by atoms with Gasteiger partial charge in [0.25, 0.3) is 0 Å². The lowest BCUT2D eigenvalue weighted by Crippen LogP contribution is -2.36. The van der Waals surface area contributed by atoms with E-state index in [-0.39, 0.29) is 24.1 Å². The molecule has 0 radical (unpaired) electrons. The topological polar surface area (TPSA) is 113 Å². The number of rotatable bonds is 7. The number of benzene rings is 1. The van der Waals surface area contributed by atoms with Gasteiger partial charge in [0.05, 0.1) is 13.5 Å². The van der Waals surface area contributed by atoms with Crippen molar-refractivity contribution in [2.75, 3.05) is 20.6 Å². The van der Waals surface area contributed by atoms with Crippen molar-refractivity contribution < 1.29 is 11.0 Å². The van der Waals surface area contributed by atoms with Gasteiger partial charge in [-0.05, 0) is 17.7 Å². The summed E-state index contributed by atoms with van der Waals surface area (Å²) in [7, 11) is 3.09. The SMILES string of the molecule is [2H]C(C)NC(=O)N(C)Cc1ccc(C(=O)C/C(N)=N/N=NC)cc1. The summed E-state index contributed by atoms with van der Waals surface area (Å²) in [6.07, 6.45) is -0.0396. The van der Waals surface area contributed by atoms with Gasteiger partial charge in [0.15, 0.2) is 5.78 Å². The molecule has 0 fully saturated rings. The molecule has 0 aromatic heterocycles. The van der Waals surface area contributed by atoms with Gasteiger partial charge in [0.2, 0.25) is 0 Å². The van der Waals surface area contributed by atoms with Gasteiger partial charge >= 0.3 is 6.03 Å². The van der Waals surface area contributed by atoms with Crippen molar-refractivity contribution in [1.82, 2.24) is 10.2 Å². The van der Waals surface area contributed by atoms with E-state index < -0.39 is 6.52 Å². The van der Waals surface area contributed by atoms with Crippen LogP contribution in [0.5, 0.6) is 0 Å². The molecule has 0 aliphatic carbocycles. The first kappa shape index (κ1) is 16.6. The average molecular weight is 319 g/mol. The van der Waals surface area contributed by atoms with Crippen LogP contribution in [0, 0.1) is 0 Å². The third-order valence-electron chi connectivity index (χ3n) is 2.91. The zero-order chi connectivity index (χ0) is 18.1. The highest BCUT2D eigenvalue weighted by molar-refractivity contribution is 6.08. The zero-order valence-electron chi connectivity index (χ0n) is 14.5. The van der Waals surface area contributed by atoms with Crippen LogP contribution in [0.2, 0.25) is 0 Å². The second-order valence-corrected chi connectivity index (χ2v) is 4.77. The predicted octanol–water partition coefficient (Wildman–Crippen LogP) is 1.77. The quantitative estimate of drug-likeness (QED) is 0.262. The summed E-state index contributed by atoms with van der Waals surface area (Å²) in [4.78, 5) is 25.3. The molecule has 0 spiro atoms. The summed E-state index contributed by atoms with van der Waals surface area (Å²) in [6, 6.07) is 6.54. The van der Waals surface area contributed by atoms with E-state index in [0.717, 1.165) is 5.56 Å². The smallest absolute Gasteiger partial charge is 0.317 e. The molecule has 0 aliphatic rings. The minimum absolute atomic E-state index is 0.0396. The molecule has 1 atom stereocenters. The lowest BCUT2D eigenvalue weighted by Gasteiger charge is -2.17. The number of carbonyl (C=O) groups excluding carboxylic acids is 2. The van der Waals surface area contributed by atoms with Crippen LogP contribution in [0.25, 0.3) is 0 Å². The van der Waals surface area contributed by atoms with E-state index in [1.54, 1.807) is 38.2 Å². The van der Waals surface area contributed by atoms with Crippen molar-refractivity contribution in [1.29, 1.82) is 0 Å². The zero-order valence-corrected chi connectivity index (χ0v) is 13.5. The number of amides is 2. The number of Topliss-reactive ketones (excluding diaryl/α,β-unsaturated/α-hetero) is 1. The average Bonchev–Trinajstić information content (AvgIpc) is 2.52. The van der Waals surface area contributed by atoms with Crippen molar-refractivity contribution >= 4 is 17.6 Å². The van der Waals surface area contributed by atoms with Crippen molar-refractivity contribution in [2.45, 2.75) is 19.9 Å². The minimum atomic E-state index is -0.667. The number of nitrogens with two attached hydrogens (primary N) is 1. The Kier molecular flexibility index (Phi) is 6.70. The lowest BCUT2D eigenvalue weighted by atomic mass is 10.1. The molecule has 1 aromatic carbocycles. The standard InChI is InChI=1S/C15H22N6O2/c1-4-18-15(23)21(3)10-11-5-7-12(8-6-11)13(22)9-14(16)19-20-17-2/h5-8H,4,9-10H2,1-3H3,(H,18,23)(H2,16,17,19)/i4D. The number of nitrogens with one attached hydrogen (secondary N) is 1. The third kappa shape index (κ3) is 6.25. The Balaban J connectivity index is 2.65. The van der Waals surface area contributed by atoms with Crippen molar-refractivity contribution in [3.8, 4) is 0 Å². The Morgan fingerprint density at radius 1 is 1.35 bits per heavy atom. The van der Waals surface area contributed by atoms with Crippen LogP contribution < -0.4 is 11.1 Å². The normalized spacial score (nSPS) is 13.5. The van der Waals surface area contributed by atoms with Crippen molar-refractivity contribution in [2.24, 2.45) is 21.2 Å². The fourth-order valence-corrected chi connectivity index (χ4v) is 1.78. The van der Waals surface area contributed by atoms with Gasteiger partial charge in [-0.2, -0.15) is 5.11 Å². The fourth-order valence-electron chi connectivity index (χ4n) is 1.78. The molecule has 2 amide bonds. The minimum Gasteiger partial charge on any atom is -0.385 e. The number of amidine groups is 1. The number of ketones is 1. The predicted molar refractivity (Wildman–Crippen MR) is 88.3 cm³/mol. The Labute approximate surface area is 136 Å². The lowest BCUT2D eigenvalue weighted by molar-refractivity contribution is 0.1000. The van der Waals surface area contributed by atoms with Gasteiger partial charge in [-0.25, -0.2) is 4.79 Å². The number of nitrogens with zero attached hydrogens (tertiary/aromatic N) is 4. The first-order valence-electron chi connectivity index (χ1n) is 7.58. The molecule has 0 saturated carbocycles. The number of urea groups is 1. The Morgan fingerprint density at radius 2 is 2.00 bits per heavy atom. The van der Waals surface area contributed by atoms with Crippen molar-refractivity contribution in [3.63, 3.8) is 0 Å². The highest BCUT2D eigenvalue weighted by atomic mass is 16.2. The molecule has 0 saturated heterocycles. The maximum Gasteiger partial charge on any atom is 0.317 e. The van der Waals surface area contributed by atoms with Gasteiger partial charge in [-0.15, -0.1) is 5.10 Å². The molecule has 1 rings (SSSR count). The van der Waals surface area contributed by atoms with Gasteiger partial charge in [0, 0.05) is 27.0 Å². The van der Waals surface area contributed by atoms with E-state index in [2.05, 4.69) is 20.8 Å². The van der Waals surface area contributed by atoms with E-state index in [4.69, 9.17) is 7.10 Å². The summed E-state index contributed by atoms with van der Waals surface area (Å²) >= 11 is 0. The third-order valence-corrected chi connectivity index (χ3v) is 2.91. The maximum atomic E-state index is 12.1. The van der Waals surface area contributed by atoms with Crippen LogP contribution in [-0.4, -0.2) is 43.2 Å². The molecular formula is C15H22N6O2. The molecule has 1 aromatic rings. The van der Waals surface area contributed by atoms with Gasteiger partial charge < -0.3 is 16.0 Å².